The highest BCUT2D eigenvalue weighted by Gasteiger charge is 2.33. The fourth-order valence-electron chi connectivity index (χ4n) is 5.08. The van der Waals surface area contributed by atoms with Crippen molar-refractivity contribution in [3.05, 3.63) is 94.5 Å². The van der Waals surface area contributed by atoms with Gasteiger partial charge >= 0.3 is 0 Å². The smallest absolute Gasteiger partial charge is 0.264 e. The van der Waals surface area contributed by atoms with E-state index < -0.39 is 28.5 Å². The van der Waals surface area contributed by atoms with Gasteiger partial charge in [0.15, 0.2) is 0 Å². The number of sulfonamides is 1. The van der Waals surface area contributed by atoms with Gasteiger partial charge in [-0.3, -0.25) is 13.9 Å². The quantitative estimate of drug-likeness (QED) is 0.276. The predicted octanol–water partition coefficient (Wildman–Crippen LogP) is 6.07. The van der Waals surface area contributed by atoms with Crippen LogP contribution in [0.25, 0.3) is 0 Å². The molecular formula is C32H38BrN3O4S. The van der Waals surface area contributed by atoms with Crippen molar-refractivity contribution >= 4 is 43.5 Å². The second kappa shape index (κ2) is 14.1. The number of carbonyl (C=O) groups is 2. The van der Waals surface area contributed by atoms with Crippen molar-refractivity contribution < 1.29 is 18.0 Å². The number of rotatable bonds is 11. The van der Waals surface area contributed by atoms with E-state index in [1.807, 2.05) is 43.3 Å². The van der Waals surface area contributed by atoms with E-state index >= 15 is 0 Å². The summed E-state index contributed by atoms with van der Waals surface area (Å²) in [6.45, 7) is 3.46. The maximum atomic E-state index is 14.1. The van der Waals surface area contributed by atoms with Crippen LogP contribution < -0.4 is 9.62 Å². The van der Waals surface area contributed by atoms with E-state index in [1.165, 1.54) is 23.5 Å². The fraction of sp³-hybridized carbons (Fsp3) is 0.375. The molecule has 1 atom stereocenters. The molecule has 3 aromatic rings. The van der Waals surface area contributed by atoms with E-state index in [1.54, 1.807) is 37.3 Å². The minimum absolute atomic E-state index is 0.0925. The summed E-state index contributed by atoms with van der Waals surface area (Å²) in [5.41, 5.74) is 2.29. The van der Waals surface area contributed by atoms with Gasteiger partial charge < -0.3 is 10.2 Å². The average Bonchev–Trinajstić information content (AvgIpc) is 3.00. The van der Waals surface area contributed by atoms with Crippen molar-refractivity contribution in [3.8, 4) is 0 Å². The molecule has 0 aliphatic heterocycles. The summed E-state index contributed by atoms with van der Waals surface area (Å²) in [7, 11) is -4.07. The zero-order chi connectivity index (χ0) is 29.4. The second-order valence-corrected chi connectivity index (χ2v) is 13.3. The van der Waals surface area contributed by atoms with E-state index in [4.69, 9.17) is 0 Å². The number of nitrogens with one attached hydrogen (secondary N) is 1. The molecule has 3 aromatic carbocycles. The van der Waals surface area contributed by atoms with Gasteiger partial charge in [0.05, 0.1) is 10.6 Å². The third kappa shape index (κ3) is 7.98. The highest BCUT2D eigenvalue weighted by Crippen LogP contribution is 2.25. The van der Waals surface area contributed by atoms with Crippen LogP contribution in [0.3, 0.4) is 0 Å². The Morgan fingerprint density at radius 1 is 0.902 bits per heavy atom. The van der Waals surface area contributed by atoms with Crippen LogP contribution in [0.1, 0.15) is 57.1 Å². The molecule has 1 N–H and O–H groups in total. The summed E-state index contributed by atoms with van der Waals surface area (Å²) in [6, 6.07) is 22.1. The number of carbonyl (C=O) groups excluding carboxylic acids is 2. The number of anilines is 1. The normalized spacial score (nSPS) is 14.7. The fourth-order valence-corrected chi connectivity index (χ4v) is 6.78. The van der Waals surface area contributed by atoms with Gasteiger partial charge in [-0.25, -0.2) is 8.42 Å². The van der Waals surface area contributed by atoms with Crippen molar-refractivity contribution in [2.45, 2.75) is 75.9 Å². The SMILES string of the molecule is CCc1ccc(N(CC(=O)N(Cc2ccc(Br)cc2)[C@H](C)C(=O)NC2CCCCC2)S(=O)(=O)c2ccccc2)cc1. The third-order valence-electron chi connectivity index (χ3n) is 7.63. The number of nitrogens with zero attached hydrogens (tertiary/aromatic N) is 2. The number of hydrogen-bond donors (Lipinski definition) is 1. The Kier molecular flexibility index (Phi) is 10.6. The zero-order valence-electron chi connectivity index (χ0n) is 23.6. The lowest BCUT2D eigenvalue weighted by Gasteiger charge is -2.33. The van der Waals surface area contributed by atoms with Crippen molar-refractivity contribution in [2.75, 3.05) is 10.8 Å². The molecule has 9 heteroatoms. The summed E-state index contributed by atoms with van der Waals surface area (Å²) in [4.78, 5) is 29.0. The van der Waals surface area contributed by atoms with E-state index in [0.29, 0.717) is 5.69 Å². The van der Waals surface area contributed by atoms with Gasteiger partial charge in [0, 0.05) is 17.1 Å². The van der Waals surface area contributed by atoms with Gasteiger partial charge in [0.2, 0.25) is 11.8 Å². The monoisotopic (exact) mass is 639 g/mol. The average molecular weight is 641 g/mol. The molecule has 2 amide bonds. The Balaban J connectivity index is 1.66. The van der Waals surface area contributed by atoms with E-state index in [-0.39, 0.29) is 23.4 Å². The molecule has 1 aliphatic carbocycles. The minimum Gasteiger partial charge on any atom is -0.352 e. The van der Waals surface area contributed by atoms with Crippen LogP contribution in [0.2, 0.25) is 0 Å². The Labute approximate surface area is 252 Å². The van der Waals surface area contributed by atoms with Crippen LogP contribution in [0.5, 0.6) is 0 Å². The molecule has 41 heavy (non-hydrogen) atoms. The summed E-state index contributed by atoms with van der Waals surface area (Å²) in [5, 5.41) is 3.13. The molecule has 7 nitrogen and oxygen atoms in total. The number of halogens is 1. The first-order valence-electron chi connectivity index (χ1n) is 14.2. The Hall–Kier alpha value is -3.17. The van der Waals surface area contributed by atoms with Gasteiger partial charge in [-0.2, -0.15) is 0 Å². The first-order valence-corrected chi connectivity index (χ1v) is 16.4. The lowest BCUT2D eigenvalue weighted by atomic mass is 9.95. The summed E-state index contributed by atoms with van der Waals surface area (Å²) in [6.07, 6.45) is 5.97. The van der Waals surface area contributed by atoms with Crippen LogP contribution in [0.4, 0.5) is 5.69 Å². The molecule has 1 saturated carbocycles. The van der Waals surface area contributed by atoms with Crippen LogP contribution in [0, 0.1) is 0 Å². The van der Waals surface area contributed by atoms with Crippen molar-refractivity contribution in [2.24, 2.45) is 0 Å². The van der Waals surface area contributed by atoms with Crippen molar-refractivity contribution in [3.63, 3.8) is 0 Å². The van der Waals surface area contributed by atoms with Gasteiger partial charge in [0.25, 0.3) is 10.0 Å². The van der Waals surface area contributed by atoms with E-state index in [0.717, 1.165) is 52.0 Å². The van der Waals surface area contributed by atoms with Gasteiger partial charge in [0.1, 0.15) is 12.6 Å². The van der Waals surface area contributed by atoms with Gasteiger partial charge in [-0.05, 0) is 73.7 Å². The summed E-state index contributed by atoms with van der Waals surface area (Å²) >= 11 is 3.44. The highest BCUT2D eigenvalue weighted by molar-refractivity contribution is 9.10. The molecule has 0 aromatic heterocycles. The lowest BCUT2D eigenvalue weighted by Crippen LogP contribution is -2.53. The zero-order valence-corrected chi connectivity index (χ0v) is 26.0. The number of aryl methyl sites for hydroxylation is 1. The van der Waals surface area contributed by atoms with Crippen LogP contribution in [-0.2, 0) is 32.6 Å². The first kappa shape index (κ1) is 30.8. The molecule has 1 aliphatic rings. The largest absolute Gasteiger partial charge is 0.352 e. The first-order chi connectivity index (χ1) is 19.7. The third-order valence-corrected chi connectivity index (χ3v) is 9.94. The highest BCUT2D eigenvalue weighted by atomic mass is 79.9. The molecule has 0 bridgehead atoms. The lowest BCUT2D eigenvalue weighted by molar-refractivity contribution is -0.139. The standard InChI is InChI=1S/C32H38BrN3O4S/c1-3-25-16-20-29(21-17-25)36(41(39,40)30-12-8-5-9-13-30)23-31(37)35(22-26-14-18-27(33)19-15-26)24(2)32(38)34-28-10-6-4-7-11-28/h5,8-9,12-21,24,28H,3-4,6-7,10-11,22-23H2,1-2H3,(H,34,38)/t24-/m1/s1. The molecule has 0 unspecified atom stereocenters. The number of benzene rings is 3. The molecule has 0 heterocycles. The van der Waals surface area contributed by atoms with E-state index in [9.17, 15) is 18.0 Å². The van der Waals surface area contributed by atoms with Gasteiger partial charge in [-0.1, -0.05) is 84.6 Å². The summed E-state index contributed by atoms with van der Waals surface area (Å²) < 4.78 is 29.8. The maximum absolute atomic E-state index is 14.1. The summed E-state index contributed by atoms with van der Waals surface area (Å²) in [5.74, 6) is -0.689. The molecule has 0 saturated heterocycles. The molecule has 218 valence electrons. The molecular weight excluding hydrogens is 602 g/mol. The van der Waals surface area contributed by atoms with Crippen LogP contribution in [-0.4, -0.2) is 43.8 Å². The topological polar surface area (TPSA) is 86.8 Å². The van der Waals surface area contributed by atoms with Crippen LogP contribution in [0.15, 0.2) is 88.2 Å². The minimum atomic E-state index is -4.07. The molecule has 1 fully saturated rings. The van der Waals surface area contributed by atoms with Crippen molar-refractivity contribution in [1.82, 2.24) is 10.2 Å². The molecule has 0 radical (unpaired) electrons. The Bertz CT molecular complexity index is 1410. The molecule has 0 spiro atoms. The Morgan fingerprint density at radius 2 is 1.51 bits per heavy atom. The maximum Gasteiger partial charge on any atom is 0.264 e. The van der Waals surface area contributed by atoms with Crippen molar-refractivity contribution in [1.29, 1.82) is 0 Å². The van der Waals surface area contributed by atoms with E-state index in [2.05, 4.69) is 21.2 Å². The predicted molar refractivity (Wildman–Crippen MR) is 166 cm³/mol. The molecule has 4 rings (SSSR count). The number of hydrogen-bond acceptors (Lipinski definition) is 4. The van der Waals surface area contributed by atoms with Crippen LogP contribution >= 0.6 is 15.9 Å². The Morgan fingerprint density at radius 3 is 2.12 bits per heavy atom. The second-order valence-electron chi connectivity index (χ2n) is 10.5. The van der Waals surface area contributed by atoms with Gasteiger partial charge in [-0.15, -0.1) is 0 Å². The number of amides is 2.